The molecule has 1 aliphatic carbocycles. The molecule has 2 aromatic rings. The van der Waals surface area contributed by atoms with E-state index < -0.39 is 22.8 Å². The molecule has 1 aromatic heterocycles. The first-order chi connectivity index (χ1) is 11.0. The highest BCUT2D eigenvalue weighted by atomic mass is 16.4. The molecule has 0 amide bonds. The summed E-state index contributed by atoms with van der Waals surface area (Å²) in [6.07, 6.45) is 5.33. The molecule has 6 nitrogen and oxygen atoms in total. The van der Waals surface area contributed by atoms with Crippen molar-refractivity contribution in [1.82, 2.24) is 9.78 Å². The summed E-state index contributed by atoms with van der Waals surface area (Å²) in [5, 5.41) is 22.7. The summed E-state index contributed by atoms with van der Waals surface area (Å²) in [6, 6.07) is 10.0. The van der Waals surface area contributed by atoms with E-state index in [1.54, 1.807) is 0 Å². The standard InChI is InChI=1S/C17H18N2O4/c20-13-10-19(18-14(15(13)21)16(22)23)11-17(8-4-5-9-17)12-6-2-1-3-7-12/h1-3,6-7,10,20H,4-5,8-9,11H2,(H,22,23). The fourth-order valence-corrected chi connectivity index (χ4v) is 3.44. The van der Waals surface area contributed by atoms with Gasteiger partial charge in [0, 0.05) is 5.41 Å². The highest BCUT2D eigenvalue weighted by Gasteiger charge is 2.36. The zero-order chi connectivity index (χ0) is 16.4. The van der Waals surface area contributed by atoms with Gasteiger partial charge in [-0.05, 0) is 18.4 Å². The van der Waals surface area contributed by atoms with Crippen molar-refractivity contribution in [3.05, 3.63) is 58.0 Å². The van der Waals surface area contributed by atoms with Gasteiger partial charge in [0.25, 0.3) is 5.43 Å². The van der Waals surface area contributed by atoms with Gasteiger partial charge in [0.15, 0.2) is 5.75 Å². The number of carboxylic acids is 1. The molecule has 1 heterocycles. The number of benzene rings is 1. The van der Waals surface area contributed by atoms with Gasteiger partial charge < -0.3 is 10.2 Å². The molecule has 2 N–H and O–H groups in total. The van der Waals surface area contributed by atoms with Gasteiger partial charge in [-0.2, -0.15) is 5.10 Å². The Balaban J connectivity index is 2.02. The Morgan fingerprint density at radius 3 is 2.48 bits per heavy atom. The van der Waals surface area contributed by atoms with E-state index >= 15 is 0 Å². The van der Waals surface area contributed by atoms with Crippen molar-refractivity contribution in [3.8, 4) is 5.75 Å². The summed E-state index contributed by atoms with van der Waals surface area (Å²) in [6.45, 7) is 0.436. The smallest absolute Gasteiger partial charge is 0.360 e. The topological polar surface area (TPSA) is 92.4 Å². The van der Waals surface area contributed by atoms with Crippen molar-refractivity contribution < 1.29 is 15.0 Å². The van der Waals surface area contributed by atoms with E-state index in [9.17, 15) is 14.7 Å². The van der Waals surface area contributed by atoms with Crippen LogP contribution >= 0.6 is 0 Å². The molecule has 1 aromatic carbocycles. The molecule has 120 valence electrons. The molecule has 0 bridgehead atoms. The molecule has 0 saturated heterocycles. The highest BCUT2D eigenvalue weighted by molar-refractivity contribution is 5.85. The van der Waals surface area contributed by atoms with E-state index in [2.05, 4.69) is 17.2 Å². The number of nitrogens with zero attached hydrogens (tertiary/aromatic N) is 2. The predicted molar refractivity (Wildman–Crippen MR) is 83.7 cm³/mol. The predicted octanol–water partition coefficient (Wildman–Crippen LogP) is 2.16. The second kappa shape index (κ2) is 5.87. The Morgan fingerprint density at radius 2 is 1.87 bits per heavy atom. The van der Waals surface area contributed by atoms with Crippen LogP contribution in [0.4, 0.5) is 0 Å². The van der Waals surface area contributed by atoms with E-state index in [1.165, 1.54) is 16.4 Å². The molecule has 0 radical (unpaired) electrons. The fraction of sp³-hybridized carbons (Fsp3) is 0.353. The van der Waals surface area contributed by atoms with Crippen molar-refractivity contribution in [2.75, 3.05) is 0 Å². The summed E-state index contributed by atoms with van der Waals surface area (Å²) in [5.41, 5.74) is -0.569. The number of aromatic hydroxyl groups is 1. The maximum Gasteiger partial charge on any atom is 0.360 e. The monoisotopic (exact) mass is 314 g/mol. The minimum Gasteiger partial charge on any atom is -0.503 e. The van der Waals surface area contributed by atoms with E-state index in [-0.39, 0.29) is 5.41 Å². The quantitative estimate of drug-likeness (QED) is 0.902. The van der Waals surface area contributed by atoms with Gasteiger partial charge in [-0.1, -0.05) is 43.2 Å². The zero-order valence-electron chi connectivity index (χ0n) is 12.6. The first-order valence-electron chi connectivity index (χ1n) is 7.61. The van der Waals surface area contributed by atoms with Gasteiger partial charge in [-0.15, -0.1) is 0 Å². The van der Waals surface area contributed by atoms with Gasteiger partial charge in [-0.25, -0.2) is 4.79 Å². The first-order valence-corrected chi connectivity index (χ1v) is 7.61. The lowest BCUT2D eigenvalue weighted by Gasteiger charge is -2.30. The summed E-state index contributed by atoms with van der Waals surface area (Å²) in [4.78, 5) is 22.8. The van der Waals surface area contributed by atoms with E-state index in [1.807, 2.05) is 18.2 Å². The van der Waals surface area contributed by atoms with E-state index in [4.69, 9.17) is 5.11 Å². The lowest BCUT2D eigenvalue weighted by atomic mass is 9.79. The number of carbonyl (C=O) groups is 1. The van der Waals surface area contributed by atoms with Crippen LogP contribution in [0.5, 0.6) is 5.75 Å². The van der Waals surface area contributed by atoms with Crippen LogP contribution < -0.4 is 5.43 Å². The highest BCUT2D eigenvalue weighted by Crippen LogP contribution is 2.42. The van der Waals surface area contributed by atoms with Crippen LogP contribution in [0.1, 0.15) is 41.7 Å². The second-order valence-electron chi connectivity index (χ2n) is 6.05. The van der Waals surface area contributed by atoms with Gasteiger partial charge >= 0.3 is 5.97 Å². The molecule has 3 rings (SSSR count). The van der Waals surface area contributed by atoms with Crippen molar-refractivity contribution in [2.45, 2.75) is 37.6 Å². The molecule has 0 spiro atoms. The number of aromatic carboxylic acids is 1. The Bertz CT molecular complexity index is 777. The molecule has 1 aliphatic rings. The summed E-state index contributed by atoms with van der Waals surface area (Å²) < 4.78 is 1.39. The summed E-state index contributed by atoms with van der Waals surface area (Å²) in [7, 11) is 0. The number of hydrogen-bond acceptors (Lipinski definition) is 4. The van der Waals surface area contributed by atoms with Crippen LogP contribution in [0.25, 0.3) is 0 Å². The maximum absolute atomic E-state index is 11.6. The minimum absolute atomic E-state index is 0.147. The van der Waals surface area contributed by atoms with Crippen molar-refractivity contribution >= 4 is 5.97 Å². The summed E-state index contributed by atoms with van der Waals surface area (Å²) >= 11 is 0. The molecule has 0 atom stereocenters. The van der Waals surface area contributed by atoms with Crippen molar-refractivity contribution in [3.63, 3.8) is 0 Å². The third-order valence-electron chi connectivity index (χ3n) is 4.56. The molecule has 6 heteroatoms. The van der Waals surface area contributed by atoms with Crippen LogP contribution in [-0.2, 0) is 12.0 Å². The fourth-order valence-electron chi connectivity index (χ4n) is 3.44. The van der Waals surface area contributed by atoms with Crippen LogP contribution in [-0.4, -0.2) is 26.0 Å². The van der Waals surface area contributed by atoms with Gasteiger partial charge in [0.1, 0.15) is 0 Å². The maximum atomic E-state index is 11.6. The SMILES string of the molecule is O=C(O)c1nn(CC2(c3ccccc3)CCCC2)cc(O)c1=O. The summed E-state index contributed by atoms with van der Waals surface area (Å²) in [5.74, 6) is -2.02. The number of rotatable bonds is 4. The minimum atomic E-state index is -1.43. The molecule has 0 aliphatic heterocycles. The molecule has 0 unspecified atom stereocenters. The molecule has 1 saturated carbocycles. The second-order valence-corrected chi connectivity index (χ2v) is 6.05. The lowest BCUT2D eigenvalue weighted by Crippen LogP contribution is -2.31. The van der Waals surface area contributed by atoms with Gasteiger partial charge in [0.05, 0.1) is 12.7 Å². The largest absolute Gasteiger partial charge is 0.503 e. The van der Waals surface area contributed by atoms with Crippen molar-refractivity contribution in [2.24, 2.45) is 0 Å². The zero-order valence-corrected chi connectivity index (χ0v) is 12.6. The Kier molecular flexibility index (Phi) is 3.90. The molecule has 1 fully saturated rings. The Morgan fingerprint density at radius 1 is 1.22 bits per heavy atom. The first kappa shape index (κ1) is 15.3. The Hall–Kier alpha value is -2.63. The van der Waals surface area contributed by atoms with E-state index in [0.717, 1.165) is 25.7 Å². The van der Waals surface area contributed by atoms with Crippen LogP contribution in [0.15, 0.2) is 41.3 Å². The van der Waals surface area contributed by atoms with Crippen molar-refractivity contribution in [1.29, 1.82) is 0 Å². The number of aromatic nitrogens is 2. The van der Waals surface area contributed by atoms with Gasteiger partial charge in [-0.3, -0.25) is 9.48 Å². The van der Waals surface area contributed by atoms with Crippen LogP contribution in [0.3, 0.4) is 0 Å². The van der Waals surface area contributed by atoms with Crippen LogP contribution in [0.2, 0.25) is 0 Å². The molecule has 23 heavy (non-hydrogen) atoms. The van der Waals surface area contributed by atoms with E-state index in [0.29, 0.717) is 6.54 Å². The average Bonchev–Trinajstić information content (AvgIpc) is 3.01. The number of carboxylic acid groups (broad SMARTS) is 1. The third kappa shape index (κ3) is 2.84. The molecular formula is C17H18N2O4. The normalized spacial score (nSPS) is 16.3. The third-order valence-corrected chi connectivity index (χ3v) is 4.56. The lowest BCUT2D eigenvalue weighted by molar-refractivity contribution is 0.0684. The van der Waals surface area contributed by atoms with Crippen LogP contribution in [0, 0.1) is 0 Å². The average molecular weight is 314 g/mol. The Labute approximate surface area is 133 Å². The molecular weight excluding hydrogens is 296 g/mol. The number of hydrogen-bond donors (Lipinski definition) is 2. The van der Waals surface area contributed by atoms with Gasteiger partial charge in [0.2, 0.25) is 5.69 Å².